The van der Waals surface area contributed by atoms with Gasteiger partial charge in [-0.15, -0.1) is 0 Å². The number of rotatable bonds is 1. The van der Waals surface area contributed by atoms with Crippen LogP contribution in [0.1, 0.15) is 12.0 Å². The molecule has 100 valence electrons. The first-order chi connectivity index (χ1) is 9.72. The van der Waals surface area contributed by atoms with E-state index in [1.165, 1.54) is 5.71 Å². The average molecular weight is 289 g/mol. The highest BCUT2D eigenvalue weighted by atomic mass is 35.5. The summed E-state index contributed by atoms with van der Waals surface area (Å²) in [5, 5.41) is 16.3. The maximum Gasteiger partial charge on any atom is 0.259 e. The van der Waals surface area contributed by atoms with E-state index in [9.17, 15) is 5.21 Å². The first kappa shape index (κ1) is 10.9. The number of azo groups is 1. The Kier molecular flexibility index (Phi) is 1.85. The molecule has 5 rings (SSSR count). The number of benzene rings is 1. The van der Waals surface area contributed by atoms with Crippen molar-refractivity contribution < 1.29 is 14.4 Å². The third-order valence-electron chi connectivity index (χ3n) is 4.64. The molecule has 1 aliphatic carbocycles. The maximum absolute atomic E-state index is 11.6. The first-order valence-corrected chi connectivity index (χ1v) is 7.09. The van der Waals surface area contributed by atoms with Crippen molar-refractivity contribution in [2.24, 2.45) is 17.0 Å². The second-order valence-corrected chi connectivity index (χ2v) is 6.07. The largest absolute Gasteiger partial charge is 0.594 e. The predicted octanol–water partition coefficient (Wildman–Crippen LogP) is 2.29. The van der Waals surface area contributed by atoms with Gasteiger partial charge in [0, 0.05) is 22.1 Å². The molecule has 0 radical (unpaired) electrons. The van der Waals surface area contributed by atoms with Gasteiger partial charge in [-0.2, -0.15) is 0 Å². The van der Waals surface area contributed by atoms with Crippen LogP contribution in [0.4, 0.5) is 0 Å². The SMILES string of the molecule is [O-][N+]1=NC2=C1C1C[N+]3=C(c4ccc(Cl)cc4)C1C(C2)O3. The molecule has 3 aliphatic heterocycles. The fraction of sp³-hybridized carbons (Fsp3) is 0.357. The minimum absolute atomic E-state index is 0.121. The molecule has 3 atom stereocenters. The molecule has 6 heteroatoms. The van der Waals surface area contributed by atoms with E-state index in [0.29, 0.717) is 0 Å². The lowest BCUT2D eigenvalue weighted by molar-refractivity contribution is -0.796. The lowest BCUT2D eigenvalue weighted by Crippen LogP contribution is -2.44. The Bertz CT molecular complexity index is 735. The van der Waals surface area contributed by atoms with E-state index in [0.717, 1.165) is 39.8 Å². The molecule has 3 unspecified atom stereocenters. The normalized spacial score (nSPS) is 32.9. The second kappa shape index (κ2) is 3.41. The molecule has 0 N–H and O–H groups in total. The zero-order valence-corrected chi connectivity index (χ0v) is 11.2. The van der Waals surface area contributed by atoms with Crippen LogP contribution in [-0.4, -0.2) is 28.0 Å². The van der Waals surface area contributed by atoms with Crippen LogP contribution < -0.4 is 0 Å². The topological polar surface area (TPSA) is 50.7 Å². The highest BCUT2D eigenvalue weighted by Gasteiger charge is 2.65. The highest BCUT2D eigenvalue weighted by molar-refractivity contribution is 6.30. The molecule has 0 saturated carbocycles. The number of hydrogen-bond acceptors (Lipinski definition) is 3. The summed E-state index contributed by atoms with van der Waals surface area (Å²) in [6.07, 6.45) is 0.860. The van der Waals surface area contributed by atoms with Crippen LogP contribution in [0.5, 0.6) is 0 Å². The number of fused-ring (bicyclic) bond motifs is 1. The van der Waals surface area contributed by atoms with Crippen molar-refractivity contribution in [1.29, 1.82) is 0 Å². The van der Waals surface area contributed by atoms with E-state index in [4.69, 9.17) is 16.4 Å². The molecule has 0 saturated heterocycles. The van der Waals surface area contributed by atoms with Crippen LogP contribution in [0.2, 0.25) is 5.02 Å². The Balaban J connectivity index is 1.58. The molecule has 1 aromatic rings. The summed E-state index contributed by atoms with van der Waals surface area (Å²) in [6, 6.07) is 7.81. The van der Waals surface area contributed by atoms with Crippen LogP contribution in [0, 0.1) is 17.0 Å². The zero-order chi connectivity index (χ0) is 13.4. The molecular formula is C14H11ClN3O2+. The predicted molar refractivity (Wildman–Crippen MR) is 70.2 cm³/mol. The summed E-state index contributed by atoms with van der Waals surface area (Å²) in [6.45, 7) is 0.742. The Labute approximate surface area is 120 Å². The summed E-state index contributed by atoms with van der Waals surface area (Å²) in [5.41, 5.74) is 4.11. The molecule has 5 nitrogen and oxygen atoms in total. The molecule has 0 amide bonds. The van der Waals surface area contributed by atoms with Gasteiger partial charge in [0.25, 0.3) is 5.70 Å². The Morgan fingerprint density at radius 2 is 2.10 bits per heavy atom. The third-order valence-corrected chi connectivity index (χ3v) is 4.89. The van der Waals surface area contributed by atoms with Gasteiger partial charge in [0.2, 0.25) is 12.3 Å². The monoisotopic (exact) mass is 288 g/mol. The highest BCUT2D eigenvalue weighted by Crippen LogP contribution is 2.49. The van der Waals surface area contributed by atoms with Crippen LogP contribution in [-0.2, 0) is 4.84 Å². The summed E-state index contributed by atoms with van der Waals surface area (Å²) in [4.78, 5) is 6.75. The molecule has 0 aromatic heterocycles. The van der Waals surface area contributed by atoms with E-state index in [1.807, 2.05) is 29.0 Å². The maximum atomic E-state index is 11.6. The van der Waals surface area contributed by atoms with Crippen molar-refractivity contribution in [2.45, 2.75) is 12.5 Å². The van der Waals surface area contributed by atoms with Gasteiger partial charge < -0.3 is 5.21 Å². The standard InChI is InChI=1S/C14H11ClN3O2/c15-8-3-1-7(2-4-8)13-12-9-6-17(13)20-11(12)5-10-14(9)18(19)16-10/h1-4,9,11-12H,5-6H2/q+1. The van der Waals surface area contributed by atoms with Crippen LogP contribution >= 0.6 is 11.6 Å². The molecule has 2 bridgehead atoms. The third kappa shape index (κ3) is 1.17. The lowest BCUT2D eigenvalue weighted by atomic mass is 9.75. The molecule has 20 heavy (non-hydrogen) atoms. The van der Waals surface area contributed by atoms with Crippen LogP contribution in [0.15, 0.2) is 40.8 Å². The summed E-state index contributed by atoms with van der Waals surface area (Å²) in [5.74, 6) is 0.486. The van der Waals surface area contributed by atoms with E-state index in [1.54, 1.807) is 0 Å². The number of hydroxylamine groups is 2. The average Bonchev–Trinajstić information content (AvgIpc) is 2.93. The van der Waals surface area contributed by atoms with Crippen LogP contribution in [0.3, 0.4) is 0 Å². The molecule has 0 spiro atoms. The van der Waals surface area contributed by atoms with E-state index < -0.39 is 0 Å². The number of nitrogens with zero attached hydrogens (tertiary/aromatic N) is 3. The fourth-order valence-corrected chi connectivity index (χ4v) is 3.99. The quantitative estimate of drug-likeness (QED) is 0.588. The van der Waals surface area contributed by atoms with Crippen molar-refractivity contribution in [3.63, 3.8) is 0 Å². The van der Waals surface area contributed by atoms with Gasteiger partial charge in [-0.25, -0.2) is 0 Å². The summed E-state index contributed by atoms with van der Waals surface area (Å²) in [7, 11) is 0. The minimum Gasteiger partial charge on any atom is -0.594 e. The van der Waals surface area contributed by atoms with Gasteiger partial charge in [0.15, 0.2) is 11.8 Å². The van der Waals surface area contributed by atoms with Crippen molar-refractivity contribution >= 4 is 17.3 Å². The van der Waals surface area contributed by atoms with Crippen molar-refractivity contribution in [3.8, 4) is 0 Å². The fourth-order valence-electron chi connectivity index (χ4n) is 3.86. The van der Waals surface area contributed by atoms with Crippen molar-refractivity contribution in [3.05, 3.63) is 51.5 Å². The number of halogens is 1. The van der Waals surface area contributed by atoms with Gasteiger partial charge >= 0.3 is 0 Å². The van der Waals surface area contributed by atoms with E-state index >= 15 is 0 Å². The van der Waals surface area contributed by atoms with Gasteiger partial charge in [-0.1, -0.05) is 16.5 Å². The smallest absolute Gasteiger partial charge is 0.259 e. The van der Waals surface area contributed by atoms with Gasteiger partial charge in [-0.3, -0.25) is 4.84 Å². The molecule has 0 fully saturated rings. The second-order valence-electron chi connectivity index (χ2n) is 5.64. The van der Waals surface area contributed by atoms with E-state index in [-0.39, 0.29) is 17.9 Å². The minimum atomic E-state index is 0.121. The first-order valence-electron chi connectivity index (χ1n) is 6.71. The Morgan fingerprint density at radius 3 is 2.85 bits per heavy atom. The summed E-state index contributed by atoms with van der Waals surface area (Å²) >= 11 is 5.95. The van der Waals surface area contributed by atoms with Crippen molar-refractivity contribution in [1.82, 2.24) is 0 Å². The molecule has 4 aliphatic rings. The molecule has 1 aromatic carbocycles. The van der Waals surface area contributed by atoms with Crippen LogP contribution in [0.25, 0.3) is 0 Å². The number of hydrogen-bond donors (Lipinski definition) is 0. The zero-order valence-electron chi connectivity index (χ0n) is 10.5. The van der Waals surface area contributed by atoms with Gasteiger partial charge in [-0.05, 0) is 29.0 Å². The van der Waals surface area contributed by atoms with Gasteiger partial charge in [0.1, 0.15) is 11.8 Å². The van der Waals surface area contributed by atoms with E-state index in [2.05, 4.69) is 5.11 Å². The summed E-state index contributed by atoms with van der Waals surface area (Å²) < 4.78 is 1.96. The Hall–Kier alpha value is -1.88. The molecular weight excluding hydrogens is 278 g/mol. The van der Waals surface area contributed by atoms with Gasteiger partial charge in [0.05, 0.1) is 0 Å². The lowest BCUT2D eigenvalue weighted by Gasteiger charge is -2.30. The molecule has 3 heterocycles. The van der Waals surface area contributed by atoms with Crippen molar-refractivity contribution in [2.75, 3.05) is 6.54 Å². The Morgan fingerprint density at radius 1 is 1.30 bits per heavy atom.